The van der Waals surface area contributed by atoms with Gasteiger partial charge in [-0.2, -0.15) is 0 Å². The maximum Gasteiger partial charge on any atom is 0.257 e. The van der Waals surface area contributed by atoms with Gasteiger partial charge in [-0.25, -0.2) is 10.8 Å². The van der Waals surface area contributed by atoms with Gasteiger partial charge in [0.15, 0.2) is 5.82 Å². The van der Waals surface area contributed by atoms with Crippen molar-refractivity contribution in [2.24, 2.45) is 5.84 Å². The van der Waals surface area contributed by atoms with Crippen molar-refractivity contribution in [3.63, 3.8) is 0 Å². The molecule has 0 saturated carbocycles. The molecule has 1 fully saturated rings. The molecule has 2 rings (SSSR count). The minimum absolute atomic E-state index is 0.0801. The lowest BCUT2D eigenvalue weighted by Gasteiger charge is -2.32. The number of ether oxygens (including phenoxy) is 1. The Morgan fingerprint density at radius 3 is 3.21 bits per heavy atom. The fourth-order valence-electron chi connectivity index (χ4n) is 2.04. The van der Waals surface area contributed by atoms with Gasteiger partial charge in [-0.05, 0) is 28.4 Å². The molecule has 1 unspecified atom stereocenters. The minimum atomic E-state index is -0.0801. The lowest BCUT2D eigenvalue weighted by atomic mass is 10.1. The van der Waals surface area contributed by atoms with Crippen molar-refractivity contribution in [2.45, 2.75) is 19.4 Å². The highest BCUT2D eigenvalue weighted by atomic mass is 79.9. The van der Waals surface area contributed by atoms with Gasteiger partial charge in [0.25, 0.3) is 5.91 Å². The van der Waals surface area contributed by atoms with Crippen molar-refractivity contribution in [3.05, 3.63) is 22.3 Å². The van der Waals surface area contributed by atoms with Crippen LogP contribution in [-0.2, 0) is 4.74 Å². The SMILES string of the molecule is CCC1CN(C(=O)c2cc(Br)cnc2NN)CCO1. The molecule has 1 atom stereocenters. The number of hydrogen-bond donors (Lipinski definition) is 2. The number of aromatic nitrogens is 1. The second-order valence-corrected chi connectivity index (χ2v) is 5.26. The standard InChI is InChI=1S/C12H17BrN4O2/c1-2-9-7-17(3-4-19-9)12(18)10-5-8(13)6-15-11(10)16-14/h5-6,9H,2-4,7,14H2,1H3,(H,15,16). The van der Waals surface area contributed by atoms with E-state index in [1.807, 2.05) is 6.92 Å². The fraction of sp³-hybridized carbons (Fsp3) is 0.500. The number of carbonyl (C=O) groups is 1. The van der Waals surface area contributed by atoms with Crippen molar-refractivity contribution in [1.82, 2.24) is 9.88 Å². The molecular formula is C12H17BrN4O2. The van der Waals surface area contributed by atoms with Crippen LogP contribution in [0.4, 0.5) is 5.82 Å². The molecule has 2 heterocycles. The number of morpholine rings is 1. The Morgan fingerprint density at radius 2 is 2.53 bits per heavy atom. The highest BCUT2D eigenvalue weighted by Gasteiger charge is 2.26. The van der Waals surface area contributed by atoms with Gasteiger partial charge in [-0.1, -0.05) is 6.92 Å². The van der Waals surface area contributed by atoms with E-state index in [0.29, 0.717) is 31.1 Å². The van der Waals surface area contributed by atoms with Crippen molar-refractivity contribution >= 4 is 27.7 Å². The Hall–Kier alpha value is -1.18. The van der Waals surface area contributed by atoms with Gasteiger partial charge < -0.3 is 15.1 Å². The minimum Gasteiger partial charge on any atom is -0.375 e. The lowest BCUT2D eigenvalue weighted by Crippen LogP contribution is -2.45. The summed E-state index contributed by atoms with van der Waals surface area (Å²) in [6, 6.07) is 1.72. The molecule has 0 aromatic carbocycles. The Kier molecular flexibility index (Phi) is 4.73. The molecular weight excluding hydrogens is 312 g/mol. The average Bonchev–Trinajstić information content (AvgIpc) is 2.46. The van der Waals surface area contributed by atoms with Gasteiger partial charge in [0.05, 0.1) is 18.3 Å². The van der Waals surface area contributed by atoms with Crippen LogP contribution in [0, 0.1) is 0 Å². The third kappa shape index (κ3) is 3.23. The summed E-state index contributed by atoms with van der Waals surface area (Å²) in [7, 11) is 0. The number of nitrogens with one attached hydrogen (secondary N) is 1. The quantitative estimate of drug-likeness (QED) is 0.647. The smallest absolute Gasteiger partial charge is 0.257 e. The molecule has 1 aromatic heterocycles. The maximum atomic E-state index is 12.5. The number of anilines is 1. The van der Waals surface area contributed by atoms with Crippen LogP contribution in [0.3, 0.4) is 0 Å². The number of hydrogen-bond acceptors (Lipinski definition) is 5. The second-order valence-electron chi connectivity index (χ2n) is 4.35. The fourth-order valence-corrected chi connectivity index (χ4v) is 2.37. The predicted molar refractivity (Wildman–Crippen MR) is 75.7 cm³/mol. The molecule has 0 bridgehead atoms. The van der Waals surface area contributed by atoms with Crippen LogP contribution in [0.1, 0.15) is 23.7 Å². The first-order chi connectivity index (χ1) is 9.15. The number of halogens is 1. The zero-order valence-electron chi connectivity index (χ0n) is 10.7. The van der Waals surface area contributed by atoms with Crippen LogP contribution in [0.2, 0.25) is 0 Å². The van der Waals surface area contributed by atoms with Gasteiger partial charge >= 0.3 is 0 Å². The number of amides is 1. The molecule has 1 aromatic rings. The van der Waals surface area contributed by atoms with Crippen LogP contribution >= 0.6 is 15.9 Å². The molecule has 1 saturated heterocycles. The summed E-state index contributed by atoms with van der Waals surface area (Å²) in [5, 5.41) is 0. The van der Waals surface area contributed by atoms with Gasteiger partial charge in [-0.15, -0.1) is 0 Å². The molecule has 19 heavy (non-hydrogen) atoms. The molecule has 0 aliphatic carbocycles. The monoisotopic (exact) mass is 328 g/mol. The first-order valence-corrected chi connectivity index (χ1v) is 6.98. The number of carbonyl (C=O) groups excluding carboxylic acids is 1. The molecule has 7 heteroatoms. The van der Waals surface area contributed by atoms with E-state index in [1.165, 1.54) is 0 Å². The Morgan fingerprint density at radius 1 is 1.74 bits per heavy atom. The predicted octanol–water partition coefficient (Wildman–Crippen LogP) is 1.38. The molecule has 3 N–H and O–H groups in total. The van der Waals surface area contributed by atoms with E-state index in [0.717, 1.165) is 10.9 Å². The van der Waals surface area contributed by atoms with E-state index in [1.54, 1.807) is 17.2 Å². The number of nitrogens with zero attached hydrogens (tertiary/aromatic N) is 2. The van der Waals surface area contributed by atoms with E-state index in [2.05, 4.69) is 26.3 Å². The van der Waals surface area contributed by atoms with Crippen LogP contribution in [0.5, 0.6) is 0 Å². The zero-order chi connectivity index (χ0) is 13.8. The topological polar surface area (TPSA) is 80.5 Å². The molecule has 1 aliphatic rings. The van der Waals surface area contributed by atoms with Gasteiger partial charge in [0.2, 0.25) is 0 Å². The second kappa shape index (κ2) is 6.31. The number of rotatable bonds is 3. The number of nitrogen functional groups attached to an aromatic ring is 1. The van der Waals surface area contributed by atoms with Gasteiger partial charge in [-0.3, -0.25) is 4.79 Å². The summed E-state index contributed by atoms with van der Waals surface area (Å²) in [4.78, 5) is 18.4. The largest absolute Gasteiger partial charge is 0.375 e. The van der Waals surface area contributed by atoms with Crippen molar-refractivity contribution in [1.29, 1.82) is 0 Å². The Labute approximate surface area is 120 Å². The molecule has 6 nitrogen and oxygen atoms in total. The first kappa shape index (κ1) is 14.2. The first-order valence-electron chi connectivity index (χ1n) is 6.18. The van der Waals surface area contributed by atoms with Crippen molar-refractivity contribution in [3.8, 4) is 0 Å². The van der Waals surface area contributed by atoms with Crippen molar-refractivity contribution in [2.75, 3.05) is 25.1 Å². The molecule has 1 amide bonds. The number of pyridine rings is 1. The molecule has 104 valence electrons. The zero-order valence-corrected chi connectivity index (χ0v) is 12.3. The molecule has 0 radical (unpaired) electrons. The van der Waals surface area contributed by atoms with Gasteiger partial charge in [0.1, 0.15) is 0 Å². The molecule has 0 spiro atoms. The van der Waals surface area contributed by atoms with E-state index in [-0.39, 0.29) is 12.0 Å². The lowest BCUT2D eigenvalue weighted by molar-refractivity contribution is -0.0226. The summed E-state index contributed by atoms with van der Waals surface area (Å²) in [5.41, 5.74) is 2.92. The third-order valence-electron chi connectivity index (χ3n) is 3.10. The number of hydrazine groups is 1. The van der Waals surface area contributed by atoms with Crippen LogP contribution in [0.15, 0.2) is 16.7 Å². The van der Waals surface area contributed by atoms with Crippen molar-refractivity contribution < 1.29 is 9.53 Å². The highest BCUT2D eigenvalue weighted by Crippen LogP contribution is 2.20. The van der Waals surface area contributed by atoms with E-state index in [4.69, 9.17) is 10.6 Å². The van der Waals surface area contributed by atoms with E-state index in [9.17, 15) is 4.79 Å². The Bertz CT molecular complexity index is 469. The van der Waals surface area contributed by atoms with Crippen LogP contribution in [0.25, 0.3) is 0 Å². The van der Waals surface area contributed by atoms with Crippen LogP contribution in [-0.4, -0.2) is 41.6 Å². The van der Waals surface area contributed by atoms with E-state index < -0.39 is 0 Å². The summed E-state index contributed by atoms with van der Waals surface area (Å²) in [6.45, 7) is 3.81. The highest BCUT2D eigenvalue weighted by molar-refractivity contribution is 9.10. The maximum absolute atomic E-state index is 12.5. The summed E-state index contributed by atoms with van der Waals surface area (Å²) < 4.78 is 6.31. The van der Waals surface area contributed by atoms with Gasteiger partial charge in [0, 0.05) is 23.8 Å². The average molecular weight is 329 g/mol. The summed E-state index contributed by atoms with van der Waals surface area (Å²) in [5.74, 6) is 5.70. The summed E-state index contributed by atoms with van der Waals surface area (Å²) in [6.07, 6.45) is 2.59. The third-order valence-corrected chi connectivity index (χ3v) is 3.54. The Balaban J connectivity index is 2.21. The summed E-state index contributed by atoms with van der Waals surface area (Å²) >= 11 is 3.32. The normalized spacial score (nSPS) is 19.3. The molecule has 1 aliphatic heterocycles. The van der Waals surface area contributed by atoms with E-state index >= 15 is 0 Å². The number of nitrogens with two attached hydrogens (primary N) is 1. The van der Waals surface area contributed by atoms with Crippen LogP contribution < -0.4 is 11.3 Å².